The molecule has 144 valence electrons. The molecule has 0 atom stereocenters. The van der Waals surface area contributed by atoms with Crippen LogP contribution in [0.15, 0.2) is 82.4 Å². The number of guanidine groups is 1. The third-order valence-corrected chi connectivity index (χ3v) is 4.24. The Labute approximate surface area is 164 Å². The van der Waals surface area contributed by atoms with Gasteiger partial charge in [-0.1, -0.05) is 42.5 Å². The summed E-state index contributed by atoms with van der Waals surface area (Å²) in [4.78, 5) is 18.4. The normalized spacial score (nSPS) is 11.1. The van der Waals surface area contributed by atoms with Crippen molar-refractivity contribution in [1.29, 1.82) is 0 Å². The maximum absolute atomic E-state index is 12.0. The third-order valence-electron chi connectivity index (χ3n) is 4.24. The number of amides is 1. The Bertz CT molecular complexity index is 903. The summed E-state index contributed by atoms with van der Waals surface area (Å²) < 4.78 is 5.09. The highest BCUT2D eigenvalue weighted by Gasteiger charge is 2.09. The van der Waals surface area contributed by atoms with Gasteiger partial charge in [-0.25, -0.2) is 0 Å². The predicted molar refractivity (Wildman–Crippen MR) is 111 cm³/mol. The molecular weight excluding hydrogens is 352 g/mol. The van der Waals surface area contributed by atoms with E-state index < -0.39 is 0 Å². The molecule has 28 heavy (non-hydrogen) atoms. The molecule has 0 fully saturated rings. The van der Waals surface area contributed by atoms with Gasteiger partial charge in [0.25, 0.3) is 5.91 Å². The highest BCUT2D eigenvalue weighted by Crippen LogP contribution is 2.12. The van der Waals surface area contributed by atoms with Gasteiger partial charge in [-0.15, -0.1) is 0 Å². The second kappa shape index (κ2) is 9.41. The number of nitrogens with zero attached hydrogens (tertiary/aromatic N) is 2. The highest BCUT2D eigenvalue weighted by atomic mass is 16.3. The number of aliphatic imine (C=N–C) groups is 1. The monoisotopic (exact) mass is 376 g/mol. The topological polar surface area (TPSA) is 69.9 Å². The summed E-state index contributed by atoms with van der Waals surface area (Å²) in [6.07, 6.45) is 1.48. The van der Waals surface area contributed by atoms with Crippen molar-refractivity contribution in [3.63, 3.8) is 0 Å². The minimum absolute atomic E-state index is 0.265. The van der Waals surface area contributed by atoms with Crippen molar-refractivity contribution in [1.82, 2.24) is 10.2 Å². The van der Waals surface area contributed by atoms with Crippen LogP contribution in [0.4, 0.5) is 5.69 Å². The van der Waals surface area contributed by atoms with Gasteiger partial charge in [-0.3, -0.25) is 9.79 Å². The minimum Gasteiger partial charge on any atom is -0.459 e. The summed E-state index contributed by atoms with van der Waals surface area (Å²) in [5.41, 5.74) is 3.03. The molecule has 0 aliphatic carbocycles. The Balaban J connectivity index is 1.52. The van der Waals surface area contributed by atoms with Gasteiger partial charge in [-0.05, 0) is 35.4 Å². The highest BCUT2D eigenvalue weighted by molar-refractivity contribution is 6.02. The van der Waals surface area contributed by atoms with E-state index in [1.165, 1.54) is 11.8 Å². The van der Waals surface area contributed by atoms with Crippen LogP contribution in [0.1, 0.15) is 21.7 Å². The number of hydrogen-bond donors (Lipinski definition) is 2. The van der Waals surface area contributed by atoms with Crippen LogP contribution < -0.4 is 10.6 Å². The molecular formula is C22H24N4O2. The van der Waals surface area contributed by atoms with Gasteiger partial charge in [-0.2, -0.15) is 0 Å². The average Bonchev–Trinajstić information content (AvgIpc) is 3.25. The van der Waals surface area contributed by atoms with Gasteiger partial charge < -0.3 is 20.0 Å². The van der Waals surface area contributed by atoms with Gasteiger partial charge in [0.05, 0.1) is 6.26 Å². The Morgan fingerprint density at radius 1 is 1.00 bits per heavy atom. The molecule has 6 heteroatoms. The van der Waals surface area contributed by atoms with Crippen LogP contribution in [0.3, 0.4) is 0 Å². The number of carbonyl (C=O) groups is 1. The molecule has 6 nitrogen and oxygen atoms in total. The summed E-state index contributed by atoms with van der Waals surface area (Å²) in [5, 5.41) is 6.17. The lowest BCUT2D eigenvalue weighted by atomic mass is 10.2. The van der Waals surface area contributed by atoms with Gasteiger partial charge in [0.1, 0.15) is 0 Å². The average molecular weight is 376 g/mol. The molecule has 0 bridgehead atoms. The van der Waals surface area contributed by atoms with E-state index >= 15 is 0 Å². The van der Waals surface area contributed by atoms with Crippen molar-refractivity contribution in [2.75, 3.05) is 19.4 Å². The maximum Gasteiger partial charge on any atom is 0.291 e. The van der Waals surface area contributed by atoms with Crippen LogP contribution >= 0.6 is 0 Å². The summed E-state index contributed by atoms with van der Waals surface area (Å²) in [5.74, 6) is 0.842. The summed E-state index contributed by atoms with van der Waals surface area (Å²) in [6.45, 7) is 1.41. The molecule has 0 saturated carbocycles. The Morgan fingerprint density at radius 3 is 2.39 bits per heavy atom. The number of anilines is 1. The second-order valence-corrected chi connectivity index (χ2v) is 6.37. The van der Waals surface area contributed by atoms with E-state index in [2.05, 4.69) is 32.7 Å². The fourth-order valence-corrected chi connectivity index (χ4v) is 2.80. The largest absolute Gasteiger partial charge is 0.459 e. The van der Waals surface area contributed by atoms with Crippen LogP contribution in [0.2, 0.25) is 0 Å². The molecule has 1 heterocycles. The van der Waals surface area contributed by atoms with Crippen molar-refractivity contribution in [2.45, 2.75) is 13.1 Å². The van der Waals surface area contributed by atoms with Crippen LogP contribution in [0.5, 0.6) is 0 Å². The van der Waals surface area contributed by atoms with Crippen molar-refractivity contribution < 1.29 is 9.21 Å². The van der Waals surface area contributed by atoms with Crippen LogP contribution in [0.25, 0.3) is 0 Å². The van der Waals surface area contributed by atoms with Crippen molar-refractivity contribution in [3.05, 3.63) is 89.9 Å². The minimum atomic E-state index is -0.265. The molecule has 1 aromatic heterocycles. The number of hydrogen-bond acceptors (Lipinski definition) is 3. The lowest BCUT2D eigenvalue weighted by Gasteiger charge is -2.22. The Hall–Kier alpha value is -3.54. The lowest BCUT2D eigenvalue weighted by molar-refractivity contribution is 0.0996. The number of furan rings is 1. The molecule has 2 aromatic carbocycles. The third kappa shape index (κ3) is 5.23. The van der Waals surface area contributed by atoms with Gasteiger partial charge in [0.15, 0.2) is 11.7 Å². The predicted octanol–water partition coefficient (Wildman–Crippen LogP) is 3.74. The molecule has 0 saturated heterocycles. The van der Waals surface area contributed by atoms with E-state index in [1.54, 1.807) is 19.2 Å². The van der Waals surface area contributed by atoms with E-state index in [9.17, 15) is 4.79 Å². The molecule has 0 aliphatic heterocycles. The fourth-order valence-electron chi connectivity index (χ4n) is 2.80. The standard InChI is InChI=1S/C22H24N4O2/c1-23-22(26(2)16-18-7-4-3-5-8-18)24-15-17-10-12-19(13-11-17)25-21(27)20-9-6-14-28-20/h3-14H,15-16H2,1-2H3,(H,23,24)(H,25,27). The molecule has 0 spiro atoms. The molecule has 3 aromatic rings. The number of rotatable bonds is 6. The number of nitrogens with one attached hydrogen (secondary N) is 2. The van der Waals surface area contributed by atoms with E-state index in [0.717, 1.165) is 23.8 Å². The summed E-state index contributed by atoms with van der Waals surface area (Å²) in [6, 6.07) is 21.3. The number of benzene rings is 2. The van der Waals surface area contributed by atoms with Crippen molar-refractivity contribution in [3.8, 4) is 0 Å². The van der Waals surface area contributed by atoms with Crippen LogP contribution in [0, 0.1) is 0 Å². The zero-order chi connectivity index (χ0) is 19.8. The fraction of sp³-hybridized carbons (Fsp3) is 0.182. The number of carbonyl (C=O) groups excluding carboxylic acids is 1. The second-order valence-electron chi connectivity index (χ2n) is 6.37. The van der Waals surface area contributed by atoms with E-state index in [1.807, 2.05) is 49.5 Å². The van der Waals surface area contributed by atoms with Gasteiger partial charge >= 0.3 is 0 Å². The van der Waals surface area contributed by atoms with Crippen molar-refractivity contribution >= 4 is 17.6 Å². The Morgan fingerprint density at radius 2 is 1.75 bits per heavy atom. The molecule has 0 radical (unpaired) electrons. The SMILES string of the molecule is CN=C(NCc1ccc(NC(=O)c2ccco2)cc1)N(C)Cc1ccccc1. The molecule has 2 N–H and O–H groups in total. The zero-order valence-corrected chi connectivity index (χ0v) is 16.1. The van der Waals surface area contributed by atoms with E-state index in [0.29, 0.717) is 6.54 Å². The van der Waals surface area contributed by atoms with Crippen molar-refractivity contribution in [2.24, 2.45) is 4.99 Å². The lowest BCUT2D eigenvalue weighted by Crippen LogP contribution is -2.38. The first-order valence-electron chi connectivity index (χ1n) is 9.05. The molecule has 3 rings (SSSR count). The van der Waals surface area contributed by atoms with Crippen LogP contribution in [-0.4, -0.2) is 30.9 Å². The first-order valence-corrected chi connectivity index (χ1v) is 9.05. The van der Waals surface area contributed by atoms with Crippen LogP contribution in [-0.2, 0) is 13.1 Å². The first kappa shape index (κ1) is 19.2. The molecule has 1 amide bonds. The first-order chi connectivity index (χ1) is 13.7. The van der Waals surface area contributed by atoms with E-state index in [4.69, 9.17) is 4.42 Å². The molecule has 0 unspecified atom stereocenters. The van der Waals surface area contributed by atoms with Gasteiger partial charge in [0.2, 0.25) is 0 Å². The smallest absolute Gasteiger partial charge is 0.291 e. The van der Waals surface area contributed by atoms with E-state index in [-0.39, 0.29) is 11.7 Å². The quantitative estimate of drug-likeness (QED) is 0.508. The zero-order valence-electron chi connectivity index (χ0n) is 16.1. The summed E-state index contributed by atoms with van der Waals surface area (Å²) >= 11 is 0. The molecule has 0 aliphatic rings. The Kier molecular flexibility index (Phi) is 6.46. The summed E-state index contributed by atoms with van der Waals surface area (Å²) in [7, 11) is 3.78. The van der Waals surface area contributed by atoms with Gasteiger partial charge in [0, 0.05) is 32.9 Å². The maximum atomic E-state index is 12.0.